The lowest BCUT2D eigenvalue weighted by Crippen LogP contribution is -2.30. The van der Waals surface area contributed by atoms with Gasteiger partial charge < -0.3 is 14.7 Å². The van der Waals surface area contributed by atoms with E-state index in [2.05, 4.69) is 4.98 Å². The van der Waals surface area contributed by atoms with Crippen LogP contribution in [0.1, 0.15) is 48.5 Å². The maximum absolute atomic E-state index is 13.8. The van der Waals surface area contributed by atoms with Crippen molar-refractivity contribution in [3.8, 4) is 16.9 Å². The third kappa shape index (κ3) is 8.35. The van der Waals surface area contributed by atoms with Crippen molar-refractivity contribution in [2.75, 3.05) is 13.2 Å². The number of benzene rings is 3. The third-order valence-corrected chi connectivity index (χ3v) is 6.35. The summed E-state index contributed by atoms with van der Waals surface area (Å²) in [6.45, 7) is -0.708. The zero-order valence-electron chi connectivity index (χ0n) is 22.9. The zero-order valence-corrected chi connectivity index (χ0v) is 21.9. The number of ketones is 1. The predicted molar refractivity (Wildman–Crippen MR) is 152 cm³/mol. The topological polar surface area (TPSA) is 79.7 Å². The van der Waals surface area contributed by atoms with Gasteiger partial charge >= 0.3 is 0 Å². The Morgan fingerprint density at radius 2 is 1.51 bits per heavy atom. The summed E-state index contributed by atoms with van der Waals surface area (Å²) in [5.74, 6) is 0.166. The molecule has 1 unspecified atom stereocenters. The fourth-order valence-corrected chi connectivity index (χ4v) is 4.22. The lowest BCUT2D eigenvalue weighted by molar-refractivity contribution is -0.121. The Labute approximate surface area is 231 Å². The standard InChI is InChI=1S/C33H34N2O4/c36-25-31(37)12-5-2-8-22-39-32-13-7-6-11-30(32)24-35(23-26-9-3-1-4-10-26)33(38)29-16-14-27(15-17-29)28-18-20-34-21-19-28/h1,3-4,6-7,9-11,13-21,36H,2,5,8,12,22-25H2/i24D. The van der Waals surface area contributed by atoms with Crippen LogP contribution in [0.4, 0.5) is 0 Å². The van der Waals surface area contributed by atoms with Crippen molar-refractivity contribution in [1.82, 2.24) is 9.88 Å². The minimum absolute atomic E-state index is 0.154. The van der Waals surface area contributed by atoms with Crippen molar-refractivity contribution in [1.29, 1.82) is 0 Å². The van der Waals surface area contributed by atoms with Crippen LogP contribution in [-0.4, -0.2) is 39.9 Å². The Hall–Kier alpha value is -4.29. The van der Waals surface area contributed by atoms with Gasteiger partial charge in [-0.3, -0.25) is 14.6 Å². The largest absolute Gasteiger partial charge is 0.493 e. The first kappa shape index (κ1) is 26.3. The van der Waals surface area contributed by atoms with E-state index in [1.54, 1.807) is 29.4 Å². The summed E-state index contributed by atoms with van der Waals surface area (Å²) in [6.07, 6.45) is 6.07. The number of rotatable bonds is 14. The molecule has 1 heterocycles. The van der Waals surface area contributed by atoms with Crippen molar-refractivity contribution < 1.29 is 20.8 Å². The highest BCUT2D eigenvalue weighted by Gasteiger charge is 2.19. The van der Waals surface area contributed by atoms with Gasteiger partial charge in [-0.2, -0.15) is 0 Å². The number of unbranched alkanes of at least 4 members (excludes halogenated alkanes) is 2. The van der Waals surface area contributed by atoms with Crippen LogP contribution in [-0.2, 0) is 17.9 Å². The second-order valence-corrected chi connectivity index (χ2v) is 9.25. The maximum Gasteiger partial charge on any atom is 0.254 e. The average molecular weight is 524 g/mol. The monoisotopic (exact) mass is 523 g/mol. The van der Waals surface area contributed by atoms with Crippen LogP contribution >= 0.6 is 0 Å². The lowest BCUT2D eigenvalue weighted by atomic mass is 10.0. The molecule has 0 radical (unpaired) electrons. The molecule has 1 atom stereocenters. The maximum atomic E-state index is 13.8. The highest BCUT2D eigenvalue weighted by atomic mass is 16.5. The van der Waals surface area contributed by atoms with Gasteiger partial charge in [-0.1, -0.05) is 60.7 Å². The summed E-state index contributed by atoms with van der Waals surface area (Å²) in [4.78, 5) is 30.7. The van der Waals surface area contributed by atoms with Crippen molar-refractivity contribution >= 4 is 11.7 Å². The normalized spacial score (nSPS) is 11.9. The minimum atomic E-state index is -0.994. The van der Waals surface area contributed by atoms with Gasteiger partial charge in [0.15, 0.2) is 5.78 Å². The number of ether oxygens (including phenoxy) is 1. The van der Waals surface area contributed by atoms with Crippen LogP contribution in [0.25, 0.3) is 11.1 Å². The van der Waals surface area contributed by atoms with Crippen LogP contribution in [0.3, 0.4) is 0 Å². The molecule has 0 fully saturated rings. The molecule has 1 N–H and O–H groups in total. The highest BCUT2D eigenvalue weighted by molar-refractivity contribution is 5.94. The SMILES string of the molecule is [2H]C(c1ccccc1OCCCCCC(=O)CO)N(Cc1ccccc1)C(=O)c1ccc(-c2ccncc2)cc1. The number of aliphatic hydroxyl groups is 1. The van der Waals surface area contributed by atoms with Crippen molar-refractivity contribution in [2.45, 2.75) is 38.7 Å². The number of para-hydroxylation sites is 1. The van der Waals surface area contributed by atoms with Gasteiger partial charge in [-0.15, -0.1) is 0 Å². The highest BCUT2D eigenvalue weighted by Crippen LogP contribution is 2.24. The number of aromatic nitrogens is 1. The summed E-state index contributed by atoms with van der Waals surface area (Å²) in [6, 6.07) is 28.3. The van der Waals surface area contributed by atoms with E-state index in [0.717, 1.165) is 29.5 Å². The van der Waals surface area contributed by atoms with E-state index in [4.69, 9.17) is 9.84 Å². The molecule has 1 amide bonds. The molecule has 0 aliphatic rings. The van der Waals surface area contributed by atoms with E-state index in [1.807, 2.05) is 78.9 Å². The summed E-state index contributed by atoms with van der Waals surface area (Å²) >= 11 is 0. The molecular weight excluding hydrogens is 488 g/mol. The van der Waals surface area contributed by atoms with Gasteiger partial charge in [0.2, 0.25) is 0 Å². The summed E-state index contributed by atoms with van der Waals surface area (Å²) in [7, 11) is 0. The average Bonchev–Trinajstić information content (AvgIpc) is 3.02. The number of pyridine rings is 1. The van der Waals surface area contributed by atoms with E-state index in [-0.39, 0.29) is 18.2 Å². The number of carbonyl (C=O) groups is 2. The predicted octanol–water partition coefficient (Wildman–Crippen LogP) is 6.09. The number of hydrogen-bond donors (Lipinski definition) is 1. The molecule has 0 aliphatic carbocycles. The zero-order chi connectivity index (χ0) is 28.2. The van der Waals surface area contributed by atoms with Gasteiger partial charge in [0, 0.05) is 43.0 Å². The molecule has 0 aliphatic heterocycles. The van der Waals surface area contributed by atoms with Crippen LogP contribution in [0.5, 0.6) is 5.75 Å². The summed E-state index contributed by atoms with van der Waals surface area (Å²) < 4.78 is 15.2. The first-order chi connectivity index (χ1) is 19.6. The molecule has 0 spiro atoms. The van der Waals surface area contributed by atoms with Gasteiger partial charge in [-0.25, -0.2) is 0 Å². The number of Topliss-reactive ketones (excluding diaryl/α,β-unsaturated/α-hetero) is 1. The van der Waals surface area contributed by atoms with Crippen molar-refractivity contribution in [3.63, 3.8) is 0 Å². The fraction of sp³-hybridized carbons (Fsp3) is 0.242. The van der Waals surface area contributed by atoms with Gasteiger partial charge in [0.25, 0.3) is 5.91 Å². The smallest absolute Gasteiger partial charge is 0.254 e. The molecule has 39 heavy (non-hydrogen) atoms. The Kier molecular flexibility index (Phi) is 9.85. The molecule has 1 aromatic heterocycles. The van der Waals surface area contributed by atoms with E-state index in [1.165, 1.54) is 0 Å². The molecule has 6 heteroatoms. The quantitative estimate of drug-likeness (QED) is 0.202. The van der Waals surface area contributed by atoms with E-state index >= 15 is 0 Å². The van der Waals surface area contributed by atoms with E-state index < -0.39 is 13.1 Å². The molecule has 4 rings (SSSR count). The fourth-order valence-electron chi connectivity index (χ4n) is 4.22. The number of amides is 1. The van der Waals surface area contributed by atoms with E-state index in [9.17, 15) is 11.0 Å². The molecule has 3 aromatic carbocycles. The Morgan fingerprint density at radius 3 is 2.26 bits per heavy atom. The molecule has 6 nitrogen and oxygen atoms in total. The Balaban J connectivity index is 1.51. The van der Waals surface area contributed by atoms with Crippen LogP contribution in [0, 0.1) is 0 Å². The van der Waals surface area contributed by atoms with Crippen LogP contribution in [0.2, 0.25) is 0 Å². The first-order valence-corrected chi connectivity index (χ1v) is 13.2. The number of aliphatic hydroxyl groups excluding tert-OH is 1. The van der Waals surface area contributed by atoms with Crippen LogP contribution < -0.4 is 4.74 Å². The molecular formula is C33H34N2O4. The van der Waals surface area contributed by atoms with Gasteiger partial charge in [-0.05, 0) is 66.3 Å². The summed E-state index contributed by atoms with van der Waals surface area (Å²) in [5, 5.41) is 8.86. The van der Waals surface area contributed by atoms with Crippen molar-refractivity contribution in [2.24, 2.45) is 0 Å². The number of nitrogens with zero attached hydrogens (tertiary/aromatic N) is 2. The molecule has 4 aromatic rings. The minimum Gasteiger partial charge on any atom is -0.493 e. The number of hydrogen-bond acceptors (Lipinski definition) is 5. The molecule has 0 bridgehead atoms. The van der Waals surface area contributed by atoms with Crippen LogP contribution in [0.15, 0.2) is 103 Å². The first-order valence-electron chi connectivity index (χ1n) is 13.8. The lowest BCUT2D eigenvalue weighted by Gasteiger charge is -2.24. The van der Waals surface area contributed by atoms with Gasteiger partial charge in [0.05, 0.1) is 7.98 Å². The number of carbonyl (C=O) groups excluding carboxylic acids is 2. The third-order valence-electron chi connectivity index (χ3n) is 6.35. The Bertz CT molecular complexity index is 1360. The molecule has 0 saturated heterocycles. The molecule has 200 valence electrons. The van der Waals surface area contributed by atoms with Crippen molar-refractivity contribution in [3.05, 3.63) is 120 Å². The van der Waals surface area contributed by atoms with Gasteiger partial charge in [0.1, 0.15) is 12.4 Å². The second-order valence-electron chi connectivity index (χ2n) is 9.25. The Morgan fingerprint density at radius 1 is 0.821 bits per heavy atom. The van der Waals surface area contributed by atoms with E-state index in [0.29, 0.717) is 36.3 Å². The molecule has 0 saturated carbocycles. The second kappa shape index (κ2) is 14.6. The summed E-state index contributed by atoms with van der Waals surface area (Å²) in [5.41, 5.74) is 4.03.